The summed E-state index contributed by atoms with van der Waals surface area (Å²) in [5.74, 6) is 0. The number of halogens is 3. The molecule has 0 aliphatic carbocycles. The van der Waals surface area contributed by atoms with Crippen LogP contribution in [0, 0.1) is 0 Å². The van der Waals surface area contributed by atoms with E-state index in [2.05, 4.69) is 5.32 Å². The zero-order valence-corrected chi connectivity index (χ0v) is 13.7. The number of aryl methyl sites for hydroxylation is 1. The number of primary sulfonamides is 1. The molecule has 0 aromatic heterocycles. The molecule has 0 heterocycles. The van der Waals surface area contributed by atoms with Gasteiger partial charge < -0.3 is 5.32 Å². The lowest BCUT2D eigenvalue weighted by Crippen LogP contribution is -2.19. The number of benzene rings is 2. The molecule has 24 heavy (non-hydrogen) atoms. The van der Waals surface area contributed by atoms with Crippen LogP contribution in [-0.2, 0) is 29.2 Å². The van der Waals surface area contributed by atoms with Gasteiger partial charge in [0.05, 0.1) is 10.5 Å². The van der Waals surface area contributed by atoms with Gasteiger partial charge in [-0.2, -0.15) is 13.2 Å². The molecule has 8 heteroatoms. The molecule has 0 spiro atoms. The summed E-state index contributed by atoms with van der Waals surface area (Å²) in [6, 6.07) is 10.5. The van der Waals surface area contributed by atoms with Crippen LogP contribution in [0.5, 0.6) is 0 Å². The molecular formula is C16H17F3N2O2S. The van der Waals surface area contributed by atoms with Gasteiger partial charge in [0.25, 0.3) is 0 Å². The topological polar surface area (TPSA) is 72.2 Å². The molecule has 0 fully saturated rings. The van der Waals surface area contributed by atoms with Gasteiger partial charge in [-0.15, -0.1) is 0 Å². The van der Waals surface area contributed by atoms with E-state index in [1.165, 1.54) is 6.07 Å². The molecule has 0 unspecified atom stereocenters. The van der Waals surface area contributed by atoms with Crippen LogP contribution in [0.3, 0.4) is 0 Å². The van der Waals surface area contributed by atoms with Crippen molar-refractivity contribution in [3.8, 4) is 0 Å². The standard InChI is InChI=1S/C16H17F3N2O2S/c1-2-11-5-3-4-6-12(11)10-21-13-7-8-15(24(20,22)23)14(9-13)16(17,18)19/h3-9,21H,2,10H2,1H3,(H2,20,22,23). The highest BCUT2D eigenvalue weighted by atomic mass is 32.2. The first kappa shape index (κ1) is 18.3. The van der Waals surface area contributed by atoms with E-state index in [0.717, 1.165) is 29.7 Å². The van der Waals surface area contributed by atoms with E-state index in [1.54, 1.807) is 0 Å². The minimum atomic E-state index is -4.82. The minimum absolute atomic E-state index is 0.167. The zero-order chi connectivity index (χ0) is 18.0. The zero-order valence-electron chi connectivity index (χ0n) is 12.9. The monoisotopic (exact) mass is 358 g/mol. The average Bonchev–Trinajstić information content (AvgIpc) is 2.51. The molecule has 0 aliphatic heterocycles. The largest absolute Gasteiger partial charge is 0.417 e. The van der Waals surface area contributed by atoms with Gasteiger partial charge in [0.2, 0.25) is 10.0 Å². The van der Waals surface area contributed by atoms with Crippen molar-refractivity contribution in [1.29, 1.82) is 0 Å². The Morgan fingerprint density at radius 2 is 1.71 bits per heavy atom. The maximum absolute atomic E-state index is 13.1. The van der Waals surface area contributed by atoms with E-state index in [1.807, 2.05) is 31.2 Å². The predicted octanol–water partition coefficient (Wildman–Crippen LogP) is 3.53. The molecule has 0 amide bonds. The van der Waals surface area contributed by atoms with Crippen molar-refractivity contribution in [2.75, 3.05) is 5.32 Å². The number of alkyl halides is 3. The van der Waals surface area contributed by atoms with Gasteiger partial charge >= 0.3 is 6.18 Å². The number of sulfonamides is 1. The summed E-state index contributed by atoms with van der Waals surface area (Å²) >= 11 is 0. The molecule has 0 saturated heterocycles. The normalized spacial score (nSPS) is 12.2. The van der Waals surface area contributed by atoms with Crippen molar-refractivity contribution in [3.63, 3.8) is 0 Å². The van der Waals surface area contributed by atoms with Gasteiger partial charge in [-0.3, -0.25) is 0 Å². The van der Waals surface area contributed by atoms with Crippen LogP contribution in [0.25, 0.3) is 0 Å². The molecule has 0 atom stereocenters. The van der Waals surface area contributed by atoms with E-state index < -0.39 is 26.7 Å². The van der Waals surface area contributed by atoms with Gasteiger partial charge in [0.15, 0.2) is 0 Å². The predicted molar refractivity (Wildman–Crippen MR) is 86.0 cm³/mol. The van der Waals surface area contributed by atoms with Gasteiger partial charge in [-0.05, 0) is 35.7 Å². The maximum atomic E-state index is 13.1. The minimum Gasteiger partial charge on any atom is -0.381 e. The van der Waals surface area contributed by atoms with Crippen molar-refractivity contribution in [1.82, 2.24) is 0 Å². The summed E-state index contributed by atoms with van der Waals surface area (Å²) in [4.78, 5) is -0.936. The molecule has 130 valence electrons. The fourth-order valence-corrected chi connectivity index (χ4v) is 3.12. The maximum Gasteiger partial charge on any atom is 0.417 e. The van der Waals surface area contributed by atoms with Gasteiger partial charge in [0.1, 0.15) is 0 Å². The number of nitrogens with one attached hydrogen (secondary N) is 1. The van der Waals surface area contributed by atoms with Crippen molar-refractivity contribution >= 4 is 15.7 Å². The van der Waals surface area contributed by atoms with E-state index in [9.17, 15) is 21.6 Å². The Kier molecular flexibility index (Phi) is 5.19. The molecule has 2 aromatic carbocycles. The van der Waals surface area contributed by atoms with Crippen LogP contribution in [0.1, 0.15) is 23.6 Å². The Labute approximate surface area is 138 Å². The second kappa shape index (κ2) is 6.82. The van der Waals surface area contributed by atoms with E-state index in [0.29, 0.717) is 6.54 Å². The van der Waals surface area contributed by atoms with Gasteiger partial charge in [-0.25, -0.2) is 13.6 Å². The summed E-state index contributed by atoms with van der Waals surface area (Å²) < 4.78 is 61.9. The summed E-state index contributed by atoms with van der Waals surface area (Å²) in [6.07, 6.45) is -4.02. The van der Waals surface area contributed by atoms with E-state index in [4.69, 9.17) is 5.14 Å². The lowest BCUT2D eigenvalue weighted by Gasteiger charge is -2.15. The van der Waals surface area contributed by atoms with Crippen molar-refractivity contribution in [3.05, 3.63) is 59.2 Å². The van der Waals surface area contributed by atoms with Crippen LogP contribution in [0.4, 0.5) is 18.9 Å². The van der Waals surface area contributed by atoms with Crippen LogP contribution in [0.2, 0.25) is 0 Å². The molecule has 2 rings (SSSR count). The van der Waals surface area contributed by atoms with Crippen molar-refractivity contribution in [2.24, 2.45) is 5.14 Å². The van der Waals surface area contributed by atoms with Crippen LogP contribution in [0.15, 0.2) is 47.4 Å². The SMILES string of the molecule is CCc1ccccc1CNc1ccc(S(N)(=O)=O)c(C(F)(F)F)c1. The highest BCUT2D eigenvalue weighted by Crippen LogP contribution is 2.35. The Morgan fingerprint density at radius 3 is 2.25 bits per heavy atom. The van der Waals surface area contributed by atoms with Crippen LogP contribution in [-0.4, -0.2) is 8.42 Å². The summed E-state index contributed by atoms with van der Waals surface area (Å²) in [5.41, 5.74) is 0.936. The number of hydrogen-bond donors (Lipinski definition) is 2. The average molecular weight is 358 g/mol. The molecule has 0 radical (unpaired) electrons. The Bertz CT molecular complexity index is 833. The molecular weight excluding hydrogens is 341 g/mol. The lowest BCUT2D eigenvalue weighted by atomic mass is 10.1. The summed E-state index contributed by atoms with van der Waals surface area (Å²) in [6.45, 7) is 2.32. The van der Waals surface area contributed by atoms with Crippen molar-refractivity contribution in [2.45, 2.75) is 31.0 Å². The second-order valence-corrected chi connectivity index (χ2v) is 6.76. The number of hydrogen-bond acceptors (Lipinski definition) is 3. The van der Waals surface area contributed by atoms with Gasteiger partial charge in [0, 0.05) is 12.2 Å². The summed E-state index contributed by atoms with van der Waals surface area (Å²) in [7, 11) is -4.46. The molecule has 4 nitrogen and oxygen atoms in total. The van der Waals surface area contributed by atoms with Crippen LogP contribution >= 0.6 is 0 Å². The van der Waals surface area contributed by atoms with Gasteiger partial charge in [-0.1, -0.05) is 31.2 Å². The fourth-order valence-electron chi connectivity index (χ4n) is 2.38. The van der Waals surface area contributed by atoms with E-state index >= 15 is 0 Å². The lowest BCUT2D eigenvalue weighted by molar-refractivity contribution is -0.139. The number of nitrogens with two attached hydrogens (primary N) is 1. The highest BCUT2D eigenvalue weighted by Gasteiger charge is 2.36. The second-order valence-electron chi connectivity index (χ2n) is 5.23. The molecule has 0 saturated carbocycles. The third kappa shape index (κ3) is 4.27. The first-order chi connectivity index (χ1) is 11.1. The van der Waals surface area contributed by atoms with Crippen molar-refractivity contribution < 1.29 is 21.6 Å². The highest BCUT2D eigenvalue weighted by molar-refractivity contribution is 7.89. The van der Waals surface area contributed by atoms with Crippen LogP contribution < -0.4 is 10.5 Å². The van der Waals surface area contributed by atoms with E-state index in [-0.39, 0.29) is 5.69 Å². The molecule has 0 bridgehead atoms. The Morgan fingerprint density at radius 1 is 1.08 bits per heavy atom. The Hall–Kier alpha value is -2.06. The first-order valence-electron chi connectivity index (χ1n) is 7.17. The quantitative estimate of drug-likeness (QED) is 0.859. The molecule has 2 aromatic rings. The number of rotatable bonds is 5. The number of anilines is 1. The molecule has 0 aliphatic rings. The third-order valence-corrected chi connectivity index (χ3v) is 4.54. The third-order valence-electron chi connectivity index (χ3n) is 3.57. The Balaban J connectivity index is 2.32. The first-order valence-corrected chi connectivity index (χ1v) is 8.72. The smallest absolute Gasteiger partial charge is 0.381 e. The fraction of sp³-hybridized carbons (Fsp3) is 0.250. The summed E-state index contributed by atoms with van der Waals surface area (Å²) in [5, 5.41) is 7.75. The molecule has 3 N–H and O–H groups in total.